The number of carbonyl (C=O) groups excluding carboxylic acids is 1. The summed E-state index contributed by atoms with van der Waals surface area (Å²) in [5.41, 5.74) is 0.790. The average Bonchev–Trinajstić information content (AvgIpc) is 3.05. The first-order chi connectivity index (χ1) is 12.1. The van der Waals surface area contributed by atoms with E-state index in [4.69, 9.17) is 18.6 Å². The molecule has 2 aromatic rings. The molecular weight excluding hydrogens is 322 g/mol. The zero-order valence-corrected chi connectivity index (χ0v) is 14.5. The van der Waals surface area contributed by atoms with Gasteiger partial charge in [-0.2, -0.15) is 0 Å². The number of aryl methyl sites for hydroxylation is 1. The molecule has 1 amide bonds. The van der Waals surface area contributed by atoms with E-state index in [0.717, 1.165) is 17.1 Å². The van der Waals surface area contributed by atoms with Gasteiger partial charge in [0.25, 0.3) is 0 Å². The Labute approximate surface area is 146 Å². The van der Waals surface area contributed by atoms with Gasteiger partial charge in [0.15, 0.2) is 11.5 Å². The molecule has 0 saturated carbocycles. The Morgan fingerprint density at radius 2 is 2.08 bits per heavy atom. The van der Waals surface area contributed by atoms with E-state index in [0.29, 0.717) is 30.5 Å². The van der Waals surface area contributed by atoms with E-state index in [9.17, 15) is 4.79 Å². The third kappa shape index (κ3) is 3.96. The zero-order chi connectivity index (χ0) is 17.8. The SMILES string of the molecule is COc1cc(/C=C/C(=O)N[C@@H](C)c2ccc(C)o2)cc2c1OCCO2. The molecule has 0 bridgehead atoms. The lowest BCUT2D eigenvalue weighted by Crippen LogP contribution is -2.24. The minimum atomic E-state index is -0.213. The van der Waals surface area contributed by atoms with Gasteiger partial charge in [0.1, 0.15) is 24.7 Å². The second-order valence-corrected chi connectivity index (χ2v) is 5.76. The van der Waals surface area contributed by atoms with E-state index in [1.165, 1.54) is 6.08 Å². The minimum Gasteiger partial charge on any atom is -0.493 e. The molecule has 0 unspecified atom stereocenters. The third-order valence-electron chi connectivity index (χ3n) is 3.82. The fraction of sp³-hybridized carbons (Fsp3) is 0.316. The third-order valence-corrected chi connectivity index (χ3v) is 3.82. The van der Waals surface area contributed by atoms with Crippen LogP contribution in [0.15, 0.2) is 34.8 Å². The first-order valence-electron chi connectivity index (χ1n) is 8.09. The summed E-state index contributed by atoms with van der Waals surface area (Å²) < 4.78 is 22.0. The summed E-state index contributed by atoms with van der Waals surface area (Å²) in [4.78, 5) is 12.1. The first kappa shape index (κ1) is 17.0. The van der Waals surface area contributed by atoms with Crippen LogP contribution in [0.5, 0.6) is 17.2 Å². The van der Waals surface area contributed by atoms with Crippen molar-refractivity contribution in [3.63, 3.8) is 0 Å². The van der Waals surface area contributed by atoms with Crippen LogP contribution in [0.4, 0.5) is 0 Å². The molecule has 1 aromatic heterocycles. The van der Waals surface area contributed by atoms with Crippen LogP contribution in [0, 0.1) is 6.92 Å². The van der Waals surface area contributed by atoms with Crippen molar-refractivity contribution in [1.29, 1.82) is 0 Å². The molecule has 25 heavy (non-hydrogen) atoms. The highest BCUT2D eigenvalue weighted by molar-refractivity contribution is 5.92. The Kier molecular flexibility index (Phi) is 4.97. The molecule has 6 nitrogen and oxygen atoms in total. The molecule has 2 heterocycles. The molecule has 6 heteroatoms. The van der Waals surface area contributed by atoms with Crippen LogP contribution in [0.1, 0.15) is 30.0 Å². The lowest BCUT2D eigenvalue weighted by atomic mass is 10.1. The quantitative estimate of drug-likeness (QED) is 0.844. The maximum atomic E-state index is 12.1. The van der Waals surface area contributed by atoms with E-state index < -0.39 is 0 Å². The van der Waals surface area contributed by atoms with Gasteiger partial charge in [-0.3, -0.25) is 4.79 Å². The van der Waals surface area contributed by atoms with E-state index in [-0.39, 0.29) is 11.9 Å². The molecule has 1 aliphatic rings. The number of nitrogens with one attached hydrogen (secondary N) is 1. The van der Waals surface area contributed by atoms with Crippen LogP contribution in [0.25, 0.3) is 6.08 Å². The standard InChI is InChI=1S/C19H21NO5/c1-12-4-6-15(25-12)13(2)20-18(21)7-5-14-10-16(22-3)19-17(11-14)23-8-9-24-19/h4-7,10-11,13H,8-9H2,1-3H3,(H,20,21)/b7-5+/t13-/m0/s1. The lowest BCUT2D eigenvalue weighted by molar-refractivity contribution is -0.117. The van der Waals surface area contributed by atoms with Crippen molar-refractivity contribution in [3.8, 4) is 17.2 Å². The average molecular weight is 343 g/mol. The maximum Gasteiger partial charge on any atom is 0.244 e. The van der Waals surface area contributed by atoms with Crippen molar-refractivity contribution in [2.45, 2.75) is 19.9 Å². The summed E-state index contributed by atoms with van der Waals surface area (Å²) >= 11 is 0. The highest BCUT2D eigenvalue weighted by Gasteiger charge is 2.18. The topological polar surface area (TPSA) is 69.9 Å². The number of fused-ring (bicyclic) bond motifs is 1. The molecular formula is C19H21NO5. The van der Waals surface area contributed by atoms with Gasteiger partial charge in [-0.25, -0.2) is 0 Å². The molecule has 1 aromatic carbocycles. The zero-order valence-electron chi connectivity index (χ0n) is 14.5. The second kappa shape index (κ2) is 7.34. The van der Waals surface area contributed by atoms with E-state index in [1.807, 2.05) is 32.0 Å². The summed E-state index contributed by atoms with van der Waals surface area (Å²) in [6, 6.07) is 7.14. The highest BCUT2D eigenvalue weighted by Crippen LogP contribution is 2.40. The largest absolute Gasteiger partial charge is 0.493 e. The normalized spacial score (nSPS) is 14.4. The molecule has 0 saturated heterocycles. The molecule has 132 valence electrons. The summed E-state index contributed by atoms with van der Waals surface area (Å²) in [7, 11) is 1.57. The van der Waals surface area contributed by atoms with Gasteiger partial charge < -0.3 is 23.9 Å². The predicted octanol–water partition coefficient (Wildman–Crippen LogP) is 3.26. The Bertz CT molecular complexity index is 776. The van der Waals surface area contributed by atoms with Gasteiger partial charge in [-0.15, -0.1) is 0 Å². The number of ether oxygens (including phenoxy) is 3. The van der Waals surface area contributed by atoms with Crippen LogP contribution in [-0.2, 0) is 4.79 Å². The monoisotopic (exact) mass is 343 g/mol. The highest BCUT2D eigenvalue weighted by atomic mass is 16.6. The molecule has 1 atom stereocenters. The van der Waals surface area contributed by atoms with Gasteiger partial charge in [-0.1, -0.05) is 0 Å². The molecule has 1 aliphatic heterocycles. The fourth-order valence-electron chi connectivity index (χ4n) is 2.58. The Morgan fingerprint density at radius 1 is 1.28 bits per heavy atom. The van der Waals surface area contributed by atoms with Crippen LogP contribution >= 0.6 is 0 Å². The van der Waals surface area contributed by atoms with Crippen molar-refractivity contribution in [3.05, 3.63) is 47.4 Å². The van der Waals surface area contributed by atoms with Gasteiger partial charge in [-0.05, 0) is 49.8 Å². The number of furan rings is 1. The van der Waals surface area contributed by atoms with Crippen LogP contribution in [0.2, 0.25) is 0 Å². The number of carbonyl (C=O) groups is 1. The summed E-state index contributed by atoms with van der Waals surface area (Å²) in [5.74, 6) is 3.12. The Balaban J connectivity index is 1.69. The number of methoxy groups -OCH3 is 1. The van der Waals surface area contributed by atoms with Crippen LogP contribution < -0.4 is 19.5 Å². The van der Waals surface area contributed by atoms with Crippen LogP contribution in [0.3, 0.4) is 0 Å². The lowest BCUT2D eigenvalue weighted by Gasteiger charge is -2.20. The Hall–Kier alpha value is -2.89. The van der Waals surface area contributed by atoms with E-state index >= 15 is 0 Å². The van der Waals surface area contributed by atoms with Gasteiger partial charge in [0, 0.05) is 6.08 Å². The van der Waals surface area contributed by atoms with Crippen molar-refractivity contribution < 1.29 is 23.4 Å². The maximum absolute atomic E-state index is 12.1. The first-order valence-corrected chi connectivity index (χ1v) is 8.09. The number of hydrogen-bond donors (Lipinski definition) is 1. The smallest absolute Gasteiger partial charge is 0.244 e. The fourth-order valence-corrected chi connectivity index (χ4v) is 2.58. The molecule has 0 aliphatic carbocycles. The summed E-state index contributed by atoms with van der Waals surface area (Å²) in [6.07, 6.45) is 3.17. The van der Waals surface area contributed by atoms with E-state index in [2.05, 4.69) is 5.32 Å². The van der Waals surface area contributed by atoms with E-state index in [1.54, 1.807) is 19.3 Å². The van der Waals surface area contributed by atoms with Gasteiger partial charge in [0.05, 0.1) is 13.2 Å². The molecule has 0 spiro atoms. The summed E-state index contributed by atoms with van der Waals surface area (Å²) in [6.45, 7) is 4.72. The Morgan fingerprint density at radius 3 is 2.80 bits per heavy atom. The van der Waals surface area contributed by atoms with Crippen LogP contribution in [-0.4, -0.2) is 26.2 Å². The molecule has 0 fully saturated rings. The number of benzene rings is 1. The number of rotatable bonds is 5. The number of hydrogen-bond acceptors (Lipinski definition) is 5. The molecule has 0 radical (unpaired) electrons. The predicted molar refractivity (Wildman–Crippen MR) is 93.0 cm³/mol. The molecule has 1 N–H and O–H groups in total. The second-order valence-electron chi connectivity index (χ2n) is 5.76. The van der Waals surface area contributed by atoms with Crippen molar-refractivity contribution in [2.24, 2.45) is 0 Å². The van der Waals surface area contributed by atoms with Crippen molar-refractivity contribution in [1.82, 2.24) is 5.32 Å². The van der Waals surface area contributed by atoms with Gasteiger partial charge in [0.2, 0.25) is 11.7 Å². The summed E-state index contributed by atoms with van der Waals surface area (Å²) in [5, 5.41) is 2.86. The van der Waals surface area contributed by atoms with Crippen molar-refractivity contribution in [2.75, 3.05) is 20.3 Å². The number of amides is 1. The van der Waals surface area contributed by atoms with Crippen molar-refractivity contribution >= 4 is 12.0 Å². The minimum absolute atomic E-state index is 0.208. The molecule has 3 rings (SSSR count). The van der Waals surface area contributed by atoms with Gasteiger partial charge >= 0.3 is 0 Å².